The van der Waals surface area contributed by atoms with Crippen LogP contribution in [0.3, 0.4) is 0 Å². The highest BCUT2D eigenvalue weighted by Crippen LogP contribution is 2.26. The number of nitrogens with zero attached hydrogens (tertiary/aromatic N) is 1. The van der Waals surface area contributed by atoms with Gasteiger partial charge >= 0.3 is 0 Å². The maximum Gasteiger partial charge on any atom is 0.223 e. The molecule has 3 nitrogen and oxygen atoms in total. The van der Waals surface area contributed by atoms with Crippen LogP contribution in [0.5, 0.6) is 0 Å². The summed E-state index contributed by atoms with van der Waals surface area (Å²) in [7, 11) is 0. The number of thioether (sulfide) groups is 1. The highest BCUT2D eigenvalue weighted by atomic mass is 32.2. The molecular weight excluding hydrogens is 265 g/mol. The molecule has 0 spiro atoms. The smallest absolute Gasteiger partial charge is 0.223 e. The molecule has 0 aliphatic carbocycles. The van der Waals surface area contributed by atoms with Gasteiger partial charge in [0, 0.05) is 17.1 Å². The lowest BCUT2D eigenvalue weighted by Gasteiger charge is -2.46. The molecule has 104 valence electrons. The number of hydrogen-bond donors (Lipinski definition) is 1. The Labute approximate surface area is 116 Å². The minimum Gasteiger partial charge on any atom is -0.386 e. The molecule has 2 rings (SSSR count). The third kappa shape index (κ3) is 3.48. The van der Waals surface area contributed by atoms with Crippen molar-refractivity contribution >= 4 is 17.7 Å². The average molecular weight is 283 g/mol. The third-order valence-corrected chi connectivity index (χ3v) is 4.44. The predicted molar refractivity (Wildman–Crippen MR) is 73.6 cm³/mol. The second kappa shape index (κ2) is 5.92. The summed E-state index contributed by atoms with van der Waals surface area (Å²) in [5.74, 6) is 0.340. The Kier molecular flexibility index (Phi) is 4.47. The van der Waals surface area contributed by atoms with E-state index in [0.717, 1.165) is 0 Å². The van der Waals surface area contributed by atoms with Gasteiger partial charge in [-0.3, -0.25) is 4.79 Å². The van der Waals surface area contributed by atoms with E-state index in [9.17, 15) is 14.3 Å². The summed E-state index contributed by atoms with van der Waals surface area (Å²) >= 11 is 1.35. The zero-order chi connectivity index (χ0) is 13.9. The summed E-state index contributed by atoms with van der Waals surface area (Å²) in [5.41, 5.74) is -0.686. The molecule has 1 amide bonds. The van der Waals surface area contributed by atoms with Crippen LogP contribution in [0.4, 0.5) is 4.39 Å². The second-order valence-corrected chi connectivity index (χ2v) is 5.99. The van der Waals surface area contributed by atoms with E-state index in [2.05, 4.69) is 0 Å². The van der Waals surface area contributed by atoms with Gasteiger partial charge in [0.05, 0.1) is 18.7 Å². The molecule has 1 aromatic rings. The first kappa shape index (κ1) is 14.3. The zero-order valence-electron chi connectivity index (χ0n) is 10.9. The van der Waals surface area contributed by atoms with E-state index in [1.165, 1.54) is 17.8 Å². The highest BCUT2D eigenvalue weighted by Gasteiger charge is 2.41. The average Bonchev–Trinajstić information content (AvgIpc) is 2.37. The van der Waals surface area contributed by atoms with Crippen molar-refractivity contribution in [1.82, 2.24) is 4.90 Å². The van der Waals surface area contributed by atoms with Gasteiger partial charge < -0.3 is 10.0 Å². The number of β-amino-alcohol motifs (C(OH)–C–C–N with tert-alkyl or cyclic N) is 1. The Morgan fingerprint density at radius 3 is 2.79 bits per heavy atom. The minimum absolute atomic E-state index is 0.0296. The number of halogens is 1. The Morgan fingerprint density at radius 2 is 2.16 bits per heavy atom. The number of amides is 1. The molecule has 0 aromatic heterocycles. The van der Waals surface area contributed by atoms with Crippen LogP contribution in [0.1, 0.15) is 19.8 Å². The number of carbonyl (C=O) groups is 1. The fraction of sp³-hybridized carbons (Fsp3) is 0.500. The van der Waals surface area contributed by atoms with Gasteiger partial charge in [0.2, 0.25) is 5.91 Å². The van der Waals surface area contributed by atoms with Crippen molar-refractivity contribution in [2.24, 2.45) is 0 Å². The Hall–Kier alpha value is -1.07. The topological polar surface area (TPSA) is 40.5 Å². The third-order valence-electron chi connectivity index (χ3n) is 3.39. The van der Waals surface area contributed by atoms with Gasteiger partial charge in [0.25, 0.3) is 0 Å². The van der Waals surface area contributed by atoms with E-state index >= 15 is 0 Å². The van der Waals surface area contributed by atoms with E-state index in [4.69, 9.17) is 0 Å². The van der Waals surface area contributed by atoms with Crippen molar-refractivity contribution in [3.05, 3.63) is 30.1 Å². The van der Waals surface area contributed by atoms with Gasteiger partial charge in [-0.2, -0.15) is 0 Å². The molecule has 5 heteroatoms. The lowest BCUT2D eigenvalue weighted by Crippen LogP contribution is -2.63. The zero-order valence-corrected chi connectivity index (χ0v) is 11.8. The molecule has 1 aliphatic rings. The largest absolute Gasteiger partial charge is 0.386 e. The molecule has 1 heterocycles. The predicted octanol–water partition coefficient (Wildman–Crippen LogP) is 2.29. The quantitative estimate of drug-likeness (QED) is 0.843. The molecule has 19 heavy (non-hydrogen) atoms. The maximum absolute atomic E-state index is 13.3. The first-order valence-corrected chi connectivity index (χ1v) is 7.40. The van der Waals surface area contributed by atoms with Gasteiger partial charge in [-0.15, -0.1) is 11.8 Å². The van der Waals surface area contributed by atoms with Crippen molar-refractivity contribution in [3.8, 4) is 0 Å². The van der Waals surface area contributed by atoms with Crippen molar-refractivity contribution < 1.29 is 14.3 Å². The fourth-order valence-electron chi connectivity index (χ4n) is 2.03. The normalized spacial score (nSPS) is 17.1. The molecule has 0 atom stereocenters. The number of hydrogen-bond acceptors (Lipinski definition) is 3. The van der Waals surface area contributed by atoms with Crippen molar-refractivity contribution in [1.29, 1.82) is 0 Å². The van der Waals surface area contributed by atoms with Gasteiger partial charge in [0.1, 0.15) is 5.82 Å². The van der Waals surface area contributed by atoms with Crippen molar-refractivity contribution in [2.75, 3.05) is 18.8 Å². The Balaban J connectivity index is 1.72. The molecule has 1 fully saturated rings. The second-order valence-electron chi connectivity index (χ2n) is 4.86. The van der Waals surface area contributed by atoms with E-state index in [0.29, 0.717) is 36.6 Å². The molecular formula is C14H18FNO2S. The van der Waals surface area contributed by atoms with Crippen LogP contribution in [-0.2, 0) is 4.79 Å². The lowest BCUT2D eigenvalue weighted by atomic mass is 9.91. The van der Waals surface area contributed by atoms with Crippen LogP contribution in [0, 0.1) is 5.82 Å². The number of benzene rings is 1. The summed E-state index contributed by atoms with van der Waals surface area (Å²) in [6.45, 7) is 2.76. The molecule has 0 saturated carbocycles. The van der Waals surface area contributed by atoms with E-state index in [-0.39, 0.29) is 11.7 Å². The van der Waals surface area contributed by atoms with E-state index in [1.54, 1.807) is 23.1 Å². The van der Waals surface area contributed by atoms with Crippen molar-refractivity contribution in [3.63, 3.8) is 0 Å². The lowest BCUT2D eigenvalue weighted by molar-refractivity contribution is -0.155. The van der Waals surface area contributed by atoms with Crippen LogP contribution in [0.2, 0.25) is 0 Å². The monoisotopic (exact) mass is 283 g/mol. The minimum atomic E-state index is -0.686. The number of rotatable bonds is 5. The summed E-state index contributed by atoms with van der Waals surface area (Å²) < 4.78 is 13.3. The van der Waals surface area contributed by atoms with Crippen LogP contribution in [0.25, 0.3) is 0 Å². The number of aliphatic hydroxyl groups is 1. The van der Waals surface area contributed by atoms with E-state index < -0.39 is 5.60 Å². The van der Waals surface area contributed by atoms with Gasteiger partial charge in [-0.05, 0) is 18.6 Å². The maximum atomic E-state index is 13.3. The molecule has 0 bridgehead atoms. The number of carbonyl (C=O) groups excluding carboxylic acids is 1. The van der Waals surface area contributed by atoms with Gasteiger partial charge in [-0.1, -0.05) is 19.1 Å². The summed E-state index contributed by atoms with van der Waals surface area (Å²) in [4.78, 5) is 14.0. The summed E-state index contributed by atoms with van der Waals surface area (Å²) in [6, 6.07) is 6.56. The number of likely N-dealkylation sites (tertiary alicyclic amines) is 1. The molecule has 0 radical (unpaired) electrons. The molecule has 1 aliphatic heterocycles. The fourth-order valence-corrected chi connectivity index (χ4v) is 2.91. The summed E-state index contributed by atoms with van der Waals surface area (Å²) in [5, 5.41) is 9.83. The molecule has 1 saturated heterocycles. The van der Waals surface area contributed by atoms with E-state index in [1.807, 2.05) is 6.92 Å². The van der Waals surface area contributed by atoms with Crippen LogP contribution in [0.15, 0.2) is 29.2 Å². The summed E-state index contributed by atoms with van der Waals surface area (Å²) in [6.07, 6.45) is 1.04. The van der Waals surface area contributed by atoms with Crippen LogP contribution >= 0.6 is 11.8 Å². The Bertz CT molecular complexity index is 461. The van der Waals surface area contributed by atoms with Gasteiger partial charge in [-0.25, -0.2) is 4.39 Å². The molecule has 1 aromatic carbocycles. The first-order valence-electron chi connectivity index (χ1n) is 6.41. The standard InChI is InChI=1S/C14H18FNO2S/c1-2-14(18)9-16(10-14)13(17)7-8-19-12-6-4-3-5-11(12)15/h3-6,18H,2,7-10H2,1H3. The molecule has 0 unspecified atom stereocenters. The Morgan fingerprint density at radius 1 is 1.47 bits per heavy atom. The highest BCUT2D eigenvalue weighted by molar-refractivity contribution is 7.99. The van der Waals surface area contributed by atoms with Gasteiger partial charge in [0.15, 0.2) is 0 Å². The molecule has 1 N–H and O–H groups in total. The SMILES string of the molecule is CCC1(O)CN(C(=O)CCSc2ccccc2F)C1. The van der Waals surface area contributed by atoms with Crippen LogP contribution in [-0.4, -0.2) is 40.4 Å². The van der Waals surface area contributed by atoms with Crippen molar-refractivity contribution in [2.45, 2.75) is 30.3 Å². The van der Waals surface area contributed by atoms with Crippen LogP contribution < -0.4 is 0 Å². The first-order chi connectivity index (χ1) is 9.04.